The molecular formula is C12H13BrFNO2. The number of alkyl halides is 1. The third-order valence-electron chi connectivity index (χ3n) is 2.90. The van der Waals surface area contributed by atoms with Gasteiger partial charge in [0.25, 0.3) is 5.91 Å². The van der Waals surface area contributed by atoms with Crippen molar-refractivity contribution in [3.05, 3.63) is 29.6 Å². The molecular weight excluding hydrogens is 289 g/mol. The first-order valence-electron chi connectivity index (χ1n) is 5.32. The molecule has 1 aromatic carbocycles. The number of ether oxygens (including phenoxy) is 1. The summed E-state index contributed by atoms with van der Waals surface area (Å²) in [6.07, 6.45) is 1.95. The van der Waals surface area contributed by atoms with Crippen LogP contribution in [0, 0.1) is 5.82 Å². The van der Waals surface area contributed by atoms with E-state index >= 15 is 0 Å². The second kappa shape index (κ2) is 4.64. The van der Waals surface area contributed by atoms with Crippen molar-refractivity contribution in [2.45, 2.75) is 18.4 Å². The van der Waals surface area contributed by atoms with Gasteiger partial charge in [-0.3, -0.25) is 4.79 Å². The summed E-state index contributed by atoms with van der Waals surface area (Å²) in [5.74, 6) is -0.577. The van der Waals surface area contributed by atoms with Gasteiger partial charge in [-0.15, -0.1) is 0 Å². The van der Waals surface area contributed by atoms with Crippen LogP contribution in [0.4, 0.5) is 4.39 Å². The van der Waals surface area contributed by atoms with E-state index in [2.05, 4.69) is 21.2 Å². The van der Waals surface area contributed by atoms with E-state index in [0.29, 0.717) is 5.56 Å². The van der Waals surface area contributed by atoms with Crippen molar-refractivity contribution in [3.8, 4) is 5.75 Å². The fourth-order valence-electron chi connectivity index (χ4n) is 1.56. The number of carbonyl (C=O) groups is 1. The number of rotatable bonds is 4. The smallest absolute Gasteiger partial charge is 0.251 e. The summed E-state index contributed by atoms with van der Waals surface area (Å²) in [4.78, 5) is 11.9. The molecule has 0 bridgehead atoms. The fourth-order valence-corrected chi connectivity index (χ4v) is 2.26. The van der Waals surface area contributed by atoms with Crippen LogP contribution in [0.1, 0.15) is 23.2 Å². The zero-order valence-corrected chi connectivity index (χ0v) is 11.0. The highest BCUT2D eigenvalue weighted by molar-refractivity contribution is 9.09. The Kier molecular flexibility index (Phi) is 3.38. The average molecular weight is 302 g/mol. The van der Waals surface area contributed by atoms with Gasteiger partial charge < -0.3 is 10.1 Å². The van der Waals surface area contributed by atoms with Crippen LogP contribution >= 0.6 is 15.9 Å². The maximum absolute atomic E-state index is 13.2. The molecule has 3 nitrogen and oxygen atoms in total. The Morgan fingerprint density at radius 2 is 2.29 bits per heavy atom. The normalized spacial score (nSPS) is 16.4. The molecule has 0 aromatic heterocycles. The molecule has 1 aliphatic rings. The Morgan fingerprint density at radius 1 is 1.59 bits per heavy atom. The highest BCUT2D eigenvalue weighted by atomic mass is 79.9. The summed E-state index contributed by atoms with van der Waals surface area (Å²) in [7, 11) is 1.38. The van der Waals surface area contributed by atoms with Crippen LogP contribution in [0.25, 0.3) is 0 Å². The van der Waals surface area contributed by atoms with Gasteiger partial charge in [-0.2, -0.15) is 0 Å². The van der Waals surface area contributed by atoms with E-state index < -0.39 is 5.82 Å². The number of amides is 1. The van der Waals surface area contributed by atoms with E-state index in [1.165, 1.54) is 25.3 Å². The maximum atomic E-state index is 13.2. The van der Waals surface area contributed by atoms with Crippen LogP contribution in [0.3, 0.4) is 0 Å². The summed E-state index contributed by atoms with van der Waals surface area (Å²) in [6.45, 7) is 0. The first kappa shape index (κ1) is 12.4. The number of hydrogen-bond donors (Lipinski definition) is 1. The number of nitrogens with one attached hydrogen (secondary N) is 1. The van der Waals surface area contributed by atoms with E-state index in [1.807, 2.05) is 0 Å². The molecule has 0 aliphatic heterocycles. The summed E-state index contributed by atoms with van der Waals surface area (Å²) in [6, 6.07) is 4.11. The van der Waals surface area contributed by atoms with Gasteiger partial charge in [0.05, 0.1) is 12.6 Å². The predicted molar refractivity (Wildman–Crippen MR) is 66.2 cm³/mol. The van der Waals surface area contributed by atoms with Gasteiger partial charge in [0.15, 0.2) is 11.6 Å². The average Bonchev–Trinajstić information content (AvgIpc) is 3.10. The summed E-state index contributed by atoms with van der Waals surface area (Å²) in [5, 5.41) is 3.68. The van der Waals surface area contributed by atoms with E-state index in [9.17, 15) is 9.18 Å². The van der Waals surface area contributed by atoms with Crippen molar-refractivity contribution in [3.63, 3.8) is 0 Å². The van der Waals surface area contributed by atoms with Crippen LogP contribution in [-0.4, -0.2) is 23.9 Å². The van der Waals surface area contributed by atoms with E-state index in [-0.39, 0.29) is 17.2 Å². The van der Waals surface area contributed by atoms with Crippen molar-refractivity contribution in [1.82, 2.24) is 5.32 Å². The number of methoxy groups -OCH3 is 1. The van der Waals surface area contributed by atoms with Gasteiger partial charge in [-0.05, 0) is 31.0 Å². The molecule has 1 aromatic rings. The molecule has 1 fully saturated rings. The Bertz CT molecular complexity index is 446. The molecule has 0 spiro atoms. The maximum Gasteiger partial charge on any atom is 0.251 e. The lowest BCUT2D eigenvalue weighted by Gasteiger charge is -2.14. The molecule has 92 valence electrons. The lowest BCUT2D eigenvalue weighted by molar-refractivity contribution is 0.0936. The summed E-state index contributed by atoms with van der Waals surface area (Å²) < 4.78 is 18.0. The standard InChI is InChI=1S/C12H13BrFNO2/c1-17-10-6-8(2-3-9(10)14)11(16)15-12(7-13)4-5-12/h2-3,6H,4-5,7H2,1H3,(H,15,16). The van der Waals surface area contributed by atoms with Gasteiger partial charge in [0.2, 0.25) is 0 Å². The van der Waals surface area contributed by atoms with Crippen LogP contribution < -0.4 is 10.1 Å². The molecule has 1 aliphatic carbocycles. The monoisotopic (exact) mass is 301 g/mol. The van der Waals surface area contributed by atoms with Gasteiger partial charge in [0, 0.05) is 10.9 Å². The quantitative estimate of drug-likeness (QED) is 0.868. The van der Waals surface area contributed by atoms with Gasteiger partial charge in [0.1, 0.15) is 0 Å². The lowest BCUT2D eigenvalue weighted by atomic mass is 10.1. The summed E-state index contributed by atoms with van der Waals surface area (Å²) >= 11 is 3.37. The van der Waals surface area contributed by atoms with Crippen LogP contribution in [-0.2, 0) is 0 Å². The Morgan fingerprint density at radius 3 is 2.82 bits per heavy atom. The van der Waals surface area contributed by atoms with Crippen LogP contribution in [0.5, 0.6) is 5.75 Å². The molecule has 2 rings (SSSR count). The zero-order valence-electron chi connectivity index (χ0n) is 9.43. The molecule has 1 N–H and O–H groups in total. The third-order valence-corrected chi connectivity index (χ3v) is 3.97. The highest BCUT2D eigenvalue weighted by Gasteiger charge is 2.43. The highest BCUT2D eigenvalue weighted by Crippen LogP contribution is 2.37. The largest absolute Gasteiger partial charge is 0.494 e. The fraction of sp³-hybridized carbons (Fsp3) is 0.417. The van der Waals surface area contributed by atoms with Crippen molar-refractivity contribution in [2.75, 3.05) is 12.4 Å². The van der Waals surface area contributed by atoms with Gasteiger partial charge in [-0.25, -0.2) is 4.39 Å². The van der Waals surface area contributed by atoms with Crippen molar-refractivity contribution in [1.29, 1.82) is 0 Å². The molecule has 1 amide bonds. The molecule has 0 heterocycles. The minimum Gasteiger partial charge on any atom is -0.494 e. The number of halogens is 2. The number of carbonyl (C=O) groups excluding carboxylic acids is 1. The first-order chi connectivity index (χ1) is 8.10. The zero-order chi connectivity index (χ0) is 12.5. The molecule has 1 saturated carbocycles. The Balaban J connectivity index is 2.14. The van der Waals surface area contributed by atoms with Crippen LogP contribution in [0.15, 0.2) is 18.2 Å². The molecule has 0 atom stereocenters. The van der Waals surface area contributed by atoms with E-state index in [1.54, 1.807) is 0 Å². The second-order valence-electron chi connectivity index (χ2n) is 4.22. The summed E-state index contributed by atoms with van der Waals surface area (Å²) in [5.41, 5.74) is 0.300. The Hall–Kier alpha value is -1.10. The van der Waals surface area contributed by atoms with E-state index in [4.69, 9.17) is 4.74 Å². The van der Waals surface area contributed by atoms with Crippen molar-refractivity contribution in [2.24, 2.45) is 0 Å². The Labute approximate surface area is 107 Å². The van der Waals surface area contributed by atoms with E-state index in [0.717, 1.165) is 18.2 Å². The molecule has 0 saturated heterocycles. The molecule has 0 unspecified atom stereocenters. The SMILES string of the molecule is COc1cc(C(=O)NC2(CBr)CC2)ccc1F. The van der Waals surface area contributed by atoms with Crippen LogP contribution in [0.2, 0.25) is 0 Å². The van der Waals surface area contributed by atoms with Gasteiger partial charge in [-0.1, -0.05) is 15.9 Å². The van der Waals surface area contributed by atoms with Crippen molar-refractivity contribution < 1.29 is 13.9 Å². The third kappa shape index (κ3) is 2.60. The van der Waals surface area contributed by atoms with Crippen molar-refractivity contribution >= 4 is 21.8 Å². The van der Waals surface area contributed by atoms with Gasteiger partial charge >= 0.3 is 0 Å². The number of hydrogen-bond acceptors (Lipinski definition) is 2. The molecule has 0 radical (unpaired) electrons. The predicted octanol–water partition coefficient (Wildman–Crippen LogP) is 2.49. The lowest BCUT2D eigenvalue weighted by Crippen LogP contribution is -2.38. The topological polar surface area (TPSA) is 38.3 Å². The minimum atomic E-state index is -0.467. The first-order valence-corrected chi connectivity index (χ1v) is 6.44. The molecule has 17 heavy (non-hydrogen) atoms. The number of benzene rings is 1. The minimum absolute atomic E-state index is 0.0846. The second-order valence-corrected chi connectivity index (χ2v) is 4.78. The molecule has 5 heteroatoms.